The Morgan fingerprint density at radius 3 is 2.53 bits per heavy atom. The second-order valence-electron chi connectivity index (χ2n) is 8.82. The smallest absolute Gasteiger partial charge is 0.242 e. The third-order valence-electron chi connectivity index (χ3n) is 6.66. The van der Waals surface area contributed by atoms with Gasteiger partial charge in [-0.05, 0) is 49.1 Å². The number of hydrogen-bond acceptors (Lipinski definition) is 5. The van der Waals surface area contributed by atoms with Gasteiger partial charge in [-0.2, -0.15) is 5.10 Å². The lowest BCUT2D eigenvalue weighted by atomic mass is 9.84. The van der Waals surface area contributed by atoms with E-state index in [0.717, 1.165) is 56.0 Å². The van der Waals surface area contributed by atoms with Crippen LogP contribution in [0.3, 0.4) is 0 Å². The van der Waals surface area contributed by atoms with Gasteiger partial charge in [0.15, 0.2) is 5.82 Å². The van der Waals surface area contributed by atoms with Crippen LogP contribution in [0.25, 0.3) is 11.4 Å². The van der Waals surface area contributed by atoms with Gasteiger partial charge >= 0.3 is 0 Å². The van der Waals surface area contributed by atoms with Crippen molar-refractivity contribution in [1.82, 2.24) is 25.0 Å². The number of methoxy groups -OCH3 is 1. The third kappa shape index (κ3) is 4.39. The highest BCUT2D eigenvalue weighted by atomic mass is 16.5. The van der Waals surface area contributed by atoms with E-state index in [9.17, 15) is 4.79 Å². The number of ether oxygens (including phenoxy) is 1. The van der Waals surface area contributed by atoms with Gasteiger partial charge in [-0.3, -0.25) is 4.79 Å². The van der Waals surface area contributed by atoms with E-state index in [0.29, 0.717) is 12.2 Å². The minimum atomic E-state index is -0.237. The second-order valence-corrected chi connectivity index (χ2v) is 8.82. The molecule has 0 aliphatic carbocycles. The van der Waals surface area contributed by atoms with E-state index in [4.69, 9.17) is 9.72 Å². The summed E-state index contributed by atoms with van der Waals surface area (Å²) in [5.41, 5.74) is 2.06. The number of likely N-dealkylation sites (tertiary alicyclic amines) is 1. The van der Waals surface area contributed by atoms with Crippen molar-refractivity contribution in [3.63, 3.8) is 0 Å². The summed E-state index contributed by atoms with van der Waals surface area (Å²) in [6.45, 7) is 3.23. The van der Waals surface area contributed by atoms with Crippen LogP contribution in [0.2, 0.25) is 0 Å². The molecule has 2 aliphatic rings. The fourth-order valence-corrected chi connectivity index (χ4v) is 4.75. The Morgan fingerprint density at radius 2 is 1.81 bits per heavy atom. The van der Waals surface area contributed by atoms with Crippen molar-refractivity contribution >= 4 is 5.91 Å². The van der Waals surface area contributed by atoms with Crippen molar-refractivity contribution in [2.45, 2.75) is 37.8 Å². The quantitative estimate of drug-likeness (QED) is 0.673. The molecule has 1 spiro atoms. The molecule has 7 heteroatoms. The van der Waals surface area contributed by atoms with Gasteiger partial charge in [0.1, 0.15) is 18.1 Å². The molecular formula is C25H29N5O2. The second kappa shape index (κ2) is 8.74. The maximum atomic E-state index is 12.7. The molecule has 0 saturated carbocycles. The summed E-state index contributed by atoms with van der Waals surface area (Å²) < 4.78 is 7.01. The van der Waals surface area contributed by atoms with Gasteiger partial charge in [0.05, 0.1) is 7.11 Å². The van der Waals surface area contributed by atoms with E-state index < -0.39 is 0 Å². The lowest BCUT2D eigenvalue weighted by Crippen LogP contribution is -2.56. The largest absolute Gasteiger partial charge is 0.497 e. The average molecular weight is 432 g/mol. The number of fused-ring (bicyclic) bond motifs is 1. The highest BCUT2D eigenvalue weighted by Crippen LogP contribution is 2.29. The van der Waals surface area contributed by atoms with Crippen LogP contribution in [0.15, 0.2) is 54.6 Å². The van der Waals surface area contributed by atoms with Gasteiger partial charge in [-0.1, -0.05) is 30.3 Å². The van der Waals surface area contributed by atoms with Crippen LogP contribution in [0.1, 0.15) is 24.2 Å². The lowest BCUT2D eigenvalue weighted by Gasteiger charge is -2.41. The number of benzene rings is 2. The zero-order valence-electron chi connectivity index (χ0n) is 18.5. The Hall–Kier alpha value is -3.19. The molecule has 3 aromatic rings. The first kappa shape index (κ1) is 20.7. The summed E-state index contributed by atoms with van der Waals surface area (Å²) in [5.74, 6) is 2.36. The first-order chi connectivity index (χ1) is 15.6. The molecule has 1 aromatic heterocycles. The topological polar surface area (TPSA) is 72.3 Å². The number of carbonyl (C=O) groups excluding carboxylic acids is 1. The predicted molar refractivity (Wildman–Crippen MR) is 122 cm³/mol. The van der Waals surface area contributed by atoms with Crippen LogP contribution in [-0.2, 0) is 24.2 Å². The molecule has 32 heavy (non-hydrogen) atoms. The summed E-state index contributed by atoms with van der Waals surface area (Å²) >= 11 is 0. The summed E-state index contributed by atoms with van der Waals surface area (Å²) in [4.78, 5) is 20.0. The normalized spacial score (nSPS) is 18.1. The van der Waals surface area contributed by atoms with E-state index in [1.54, 1.807) is 11.8 Å². The fourth-order valence-electron chi connectivity index (χ4n) is 4.75. The fraction of sp³-hybridized carbons (Fsp3) is 0.400. The first-order valence-corrected chi connectivity index (χ1v) is 11.3. The Bertz CT molecular complexity index is 1070. The molecule has 0 bridgehead atoms. The lowest BCUT2D eigenvalue weighted by molar-refractivity contribution is -0.123. The van der Waals surface area contributed by atoms with Crippen molar-refractivity contribution in [2.24, 2.45) is 0 Å². The Morgan fingerprint density at radius 1 is 1.06 bits per heavy atom. The van der Waals surface area contributed by atoms with Crippen LogP contribution < -0.4 is 10.1 Å². The molecule has 2 aromatic carbocycles. The molecule has 0 radical (unpaired) electrons. The van der Waals surface area contributed by atoms with E-state index >= 15 is 0 Å². The van der Waals surface area contributed by atoms with Gasteiger partial charge in [0.25, 0.3) is 0 Å². The van der Waals surface area contributed by atoms with Crippen LogP contribution >= 0.6 is 0 Å². The third-order valence-corrected chi connectivity index (χ3v) is 6.66. The van der Waals surface area contributed by atoms with Crippen molar-refractivity contribution in [3.05, 3.63) is 66.0 Å². The summed E-state index contributed by atoms with van der Waals surface area (Å²) in [6.07, 6.45) is 3.63. The van der Waals surface area contributed by atoms with Crippen LogP contribution in [-0.4, -0.2) is 57.9 Å². The molecule has 3 heterocycles. The number of carbonyl (C=O) groups is 1. The molecular weight excluding hydrogens is 402 g/mol. The number of amides is 1. The van der Waals surface area contributed by atoms with Crippen molar-refractivity contribution in [3.8, 4) is 17.1 Å². The summed E-state index contributed by atoms with van der Waals surface area (Å²) in [6, 6.07) is 18.3. The predicted octanol–water partition coefficient (Wildman–Crippen LogP) is 2.70. The van der Waals surface area contributed by atoms with E-state index in [1.165, 1.54) is 5.56 Å². The van der Waals surface area contributed by atoms with Crippen LogP contribution in [0, 0.1) is 0 Å². The van der Waals surface area contributed by atoms with Gasteiger partial charge < -0.3 is 15.0 Å². The number of piperidine rings is 1. The number of rotatable bonds is 5. The molecule has 1 N–H and O–H groups in total. The van der Waals surface area contributed by atoms with Gasteiger partial charge in [-0.25, -0.2) is 9.67 Å². The van der Waals surface area contributed by atoms with E-state index in [1.807, 2.05) is 24.3 Å². The maximum Gasteiger partial charge on any atom is 0.242 e. The van der Waals surface area contributed by atoms with Gasteiger partial charge in [0, 0.05) is 37.2 Å². The molecule has 1 amide bonds. The minimum Gasteiger partial charge on any atom is -0.497 e. The SMILES string of the molecule is COc1ccc(-c2nc3n(n2)CC(=O)NC2(CCN(CCc4ccccc4)CC2)C3)cc1. The number of nitrogens with one attached hydrogen (secondary N) is 1. The highest BCUT2D eigenvalue weighted by Gasteiger charge is 2.39. The molecule has 1 saturated heterocycles. The standard InChI is InChI=1S/C25H29N5O2/c1-32-21-9-7-20(8-10-21)24-26-22-17-25(27-23(31)18-30(22)28-24)12-15-29(16-13-25)14-11-19-5-3-2-4-6-19/h2-10H,11-18H2,1H3,(H,27,31). The van der Waals surface area contributed by atoms with Gasteiger partial charge in [-0.15, -0.1) is 0 Å². The summed E-state index contributed by atoms with van der Waals surface area (Å²) in [5, 5.41) is 7.95. The molecule has 5 rings (SSSR count). The number of nitrogens with zero attached hydrogens (tertiary/aromatic N) is 4. The maximum absolute atomic E-state index is 12.7. The molecule has 1 fully saturated rings. The Labute approximate surface area is 188 Å². The molecule has 0 atom stereocenters. The zero-order chi connectivity index (χ0) is 22.0. The highest BCUT2D eigenvalue weighted by molar-refractivity contribution is 5.77. The van der Waals surface area contributed by atoms with Gasteiger partial charge in [0.2, 0.25) is 5.91 Å². The monoisotopic (exact) mass is 431 g/mol. The van der Waals surface area contributed by atoms with Crippen molar-refractivity contribution in [1.29, 1.82) is 0 Å². The molecule has 166 valence electrons. The molecule has 7 nitrogen and oxygen atoms in total. The zero-order valence-corrected chi connectivity index (χ0v) is 18.5. The van der Waals surface area contributed by atoms with E-state index in [-0.39, 0.29) is 18.0 Å². The van der Waals surface area contributed by atoms with Crippen molar-refractivity contribution in [2.75, 3.05) is 26.7 Å². The summed E-state index contributed by atoms with van der Waals surface area (Å²) in [7, 11) is 1.65. The minimum absolute atomic E-state index is 0.0210. The number of hydrogen-bond donors (Lipinski definition) is 1. The first-order valence-electron chi connectivity index (χ1n) is 11.3. The Balaban J connectivity index is 1.27. The van der Waals surface area contributed by atoms with Crippen LogP contribution in [0.5, 0.6) is 5.75 Å². The molecule has 0 unspecified atom stereocenters. The van der Waals surface area contributed by atoms with E-state index in [2.05, 4.69) is 45.6 Å². The molecule has 2 aliphatic heterocycles. The van der Waals surface area contributed by atoms with Crippen molar-refractivity contribution < 1.29 is 9.53 Å². The van der Waals surface area contributed by atoms with Crippen LogP contribution in [0.4, 0.5) is 0 Å². The average Bonchev–Trinajstić information content (AvgIpc) is 3.15. The number of aromatic nitrogens is 3. The Kier molecular flexibility index (Phi) is 5.66.